The van der Waals surface area contributed by atoms with Crippen LogP contribution in [0.1, 0.15) is 18.4 Å². The fourth-order valence-corrected chi connectivity index (χ4v) is 3.69. The third kappa shape index (κ3) is 3.82. The van der Waals surface area contributed by atoms with E-state index in [9.17, 15) is 4.79 Å². The van der Waals surface area contributed by atoms with Gasteiger partial charge in [-0.2, -0.15) is 5.10 Å². The number of rotatable bonds is 4. The number of hydrogen-bond donors (Lipinski definition) is 1. The second-order valence-corrected chi connectivity index (χ2v) is 6.94. The highest BCUT2D eigenvalue weighted by Gasteiger charge is 2.43. The summed E-state index contributed by atoms with van der Waals surface area (Å²) < 4.78 is 2.87. The SMILES string of the molecule is CN(Cc1cccc(Br)c1)C(=O)C1(n2cccn2)CCNCC1.Cl. The lowest BCUT2D eigenvalue weighted by molar-refractivity contribution is -0.142. The van der Waals surface area contributed by atoms with Crippen LogP contribution in [-0.2, 0) is 16.9 Å². The molecular weight excluding hydrogens is 392 g/mol. The molecule has 1 N–H and O–H groups in total. The van der Waals surface area contributed by atoms with Crippen LogP contribution in [0.25, 0.3) is 0 Å². The number of nitrogens with zero attached hydrogens (tertiary/aromatic N) is 3. The molecule has 5 nitrogen and oxygen atoms in total. The van der Waals surface area contributed by atoms with E-state index in [0.29, 0.717) is 6.54 Å². The van der Waals surface area contributed by atoms with Crippen molar-refractivity contribution < 1.29 is 4.79 Å². The number of piperidine rings is 1. The first-order valence-corrected chi connectivity index (χ1v) is 8.62. The average molecular weight is 414 g/mol. The van der Waals surface area contributed by atoms with Crippen molar-refractivity contribution in [1.82, 2.24) is 20.0 Å². The maximum absolute atomic E-state index is 13.2. The lowest BCUT2D eigenvalue weighted by atomic mass is 9.86. The molecule has 1 aromatic carbocycles. The molecule has 0 aliphatic carbocycles. The molecule has 0 bridgehead atoms. The second kappa shape index (κ2) is 8.14. The van der Waals surface area contributed by atoms with Crippen LogP contribution in [0.15, 0.2) is 47.2 Å². The fourth-order valence-electron chi connectivity index (χ4n) is 3.24. The predicted molar refractivity (Wildman–Crippen MR) is 100 cm³/mol. The molecule has 0 radical (unpaired) electrons. The highest BCUT2D eigenvalue weighted by atomic mass is 79.9. The molecule has 7 heteroatoms. The predicted octanol–water partition coefficient (Wildman–Crippen LogP) is 2.80. The Morgan fingerprint density at radius 2 is 2.12 bits per heavy atom. The molecule has 24 heavy (non-hydrogen) atoms. The monoisotopic (exact) mass is 412 g/mol. The maximum Gasteiger partial charge on any atom is 0.250 e. The molecule has 1 aliphatic heterocycles. The molecule has 1 aromatic heterocycles. The number of benzene rings is 1. The Bertz CT molecular complexity index is 671. The Morgan fingerprint density at radius 3 is 2.75 bits per heavy atom. The lowest BCUT2D eigenvalue weighted by Gasteiger charge is -2.39. The van der Waals surface area contributed by atoms with Crippen molar-refractivity contribution in [3.8, 4) is 0 Å². The molecule has 1 amide bonds. The van der Waals surface area contributed by atoms with Crippen molar-refractivity contribution in [1.29, 1.82) is 0 Å². The number of likely N-dealkylation sites (N-methyl/N-ethyl adjacent to an activating group) is 1. The van der Waals surface area contributed by atoms with Gasteiger partial charge in [-0.25, -0.2) is 0 Å². The molecule has 130 valence electrons. The summed E-state index contributed by atoms with van der Waals surface area (Å²) in [6.45, 7) is 2.25. The molecule has 1 saturated heterocycles. The van der Waals surface area contributed by atoms with E-state index in [-0.39, 0.29) is 18.3 Å². The Hall–Kier alpha value is -1.37. The summed E-state index contributed by atoms with van der Waals surface area (Å²) in [6.07, 6.45) is 5.16. The fraction of sp³-hybridized carbons (Fsp3) is 0.412. The van der Waals surface area contributed by atoms with E-state index in [1.165, 1.54) is 0 Å². The van der Waals surface area contributed by atoms with Crippen LogP contribution in [0.5, 0.6) is 0 Å². The third-order valence-electron chi connectivity index (χ3n) is 4.43. The first-order chi connectivity index (χ1) is 11.1. The van der Waals surface area contributed by atoms with Crippen LogP contribution in [0.4, 0.5) is 0 Å². The number of hydrogen-bond acceptors (Lipinski definition) is 3. The van der Waals surface area contributed by atoms with Crippen LogP contribution in [0.2, 0.25) is 0 Å². The molecule has 2 heterocycles. The van der Waals surface area contributed by atoms with Crippen molar-refractivity contribution in [3.05, 3.63) is 52.8 Å². The van der Waals surface area contributed by atoms with E-state index in [1.54, 1.807) is 6.20 Å². The van der Waals surface area contributed by atoms with Gasteiger partial charge < -0.3 is 10.2 Å². The van der Waals surface area contributed by atoms with Crippen LogP contribution in [0.3, 0.4) is 0 Å². The summed E-state index contributed by atoms with van der Waals surface area (Å²) >= 11 is 3.48. The van der Waals surface area contributed by atoms with Gasteiger partial charge in [0.1, 0.15) is 5.54 Å². The normalized spacial score (nSPS) is 16.2. The van der Waals surface area contributed by atoms with E-state index >= 15 is 0 Å². The van der Waals surface area contributed by atoms with Gasteiger partial charge in [-0.05, 0) is 49.7 Å². The Balaban J connectivity index is 0.00000208. The minimum absolute atomic E-state index is 0. The average Bonchev–Trinajstić information content (AvgIpc) is 3.10. The number of carbonyl (C=O) groups is 1. The van der Waals surface area contributed by atoms with Crippen molar-refractivity contribution in [3.63, 3.8) is 0 Å². The first kappa shape index (κ1) is 19.0. The van der Waals surface area contributed by atoms with E-state index < -0.39 is 5.54 Å². The summed E-state index contributed by atoms with van der Waals surface area (Å²) in [6, 6.07) is 9.95. The molecule has 0 saturated carbocycles. The highest BCUT2D eigenvalue weighted by Crippen LogP contribution is 2.29. The van der Waals surface area contributed by atoms with Crippen LogP contribution >= 0.6 is 28.3 Å². The van der Waals surface area contributed by atoms with Crippen molar-refractivity contribution >= 4 is 34.2 Å². The van der Waals surface area contributed by atoms with Gasteiger partial charge in [-0.1, -0.05) is 28.1 Å². The molecule has 0 atom stereocenters. The van der Waals surface area contributed by atoms with E-state index in [2.05, 4.69) is 26.3 Å². The summed E-state index contributed by atoms with van der Waals surface area (Å²) in [5, 5.41) is 7.70. The van der Waals surface area contributed by atoms with Crippen LogP contribution < -0.4 is 5.32 Å². The molecule has 0 spiro atoms. The topological polar surface area (TPSA) is 50.2 Å². The van der Waals surface area contributed by atoms with Gasteiger partial charge in [-0.15, -0.1) is 12.4 Å². The van der Waals surface area contributed by atoms with Crippen LogP contribution in [-0.4, -0.2) is 40.7 Å². The van der Waals surface area contributed by atoms with Crippen molar-refractivity contribution in [2.45, 2.75) is 24.9 Å². The zero-order chi connectivity index (χ0) is 16.3. The smallest absolute Gasteiger partial charge is 0.250 e. The summed E-state index contributed by atoms with van der Waals surface area (Å²) in [5.41, 5.74) is 0.537. The van der Waals surface area contributed by atoms with Gasteiger partial charge in [0, 0.05) is 30.5 Å². The van der Waals surface area contributed by atoms with Crippen molar-refractivity contribution in [2.75, 3.05) is 20.1 Å². The number of carbonyl (C=O) groups excluding carboxylic acids is 1. The maximum atomic E-state index is 13.2. The lowest BCUT2D eigenvalue weighted by Crippen LogP contribution is -2.54. The number of nitrogens with one attached hydrogen (secondary N) is 1. The zero-order valence-electron chi connectivity index (χ0n) is 13.6. The molecule has 1 fully saturated rings. The molecular formula is C17H22BrClN4O. The Kier molecular flexibility index (Phi) is 6.43. The summed E-state index contributed by atoms with van der Waals surface area (Å²) in [5.74, 6) is 0.127. The Morgan fingerprint density at radius 1 is 1.38 bits per heavy atom. The van der Waals surface area contributed by atoms with Gasteiger partial charge in [0.25, 0.3) is 5.91 Å². The van der Waals surface area contributed by atoms with Gasteiger partial charge in [0.2, 0.25) is 0 Å². The molecule has 0 unspecified atom stereocenters. The van der Waals surface area contributed by atoms with E-state index in [1.807, 2.05) is 53.2 Å². The minimum atomic E-state index is -0.574. The number of amides is 1. The van der Waals surface area contributed by atoms with E-state index in [4.69, 9.17) is 0 Å². The standard InChI is InChI=1S/C17H21BrN4O.ClH/c1-21(13-14-4-2-5-15(18)12-14)16(23)17(6-9-19-10-7-17)22-11-3-8-20-22;/h2-5,8,11-12,19H,6-7,9-10,13H2,1H3;1H. The quantitative estimate of drug-likeness (QED) is 0.838. The van der Waals surface area contributed by atoms with Crippen LogP contribution in [0, 0.1) is 0 Å². The number of aromatic nitrogens is 2. The van der Waals surface area contributed by atoms with Gasteiger partial charge >= 0.3 is 0 Å². The Labute approximate surface area is 157 Å². The summed E-state index contributed by atoms with van der Waals surface area (Å²) in [7, 11) is 1.87. The first-order valence-electron chi connectivity index (χ1n) is 7.83. The van der Waals surface area contributed by atoms with Gasteiger partial charge in [0.05, 0.1) is 0 Å². The molecule has 2 aromatic rings. The highest BCUT2D eigenvalue weighted by molar-refractivity contribution is 9.10. The van der Waals surface area contributed by atoms with Gasteiger partial charge in [-0.3, -0.25) is 9.48 Å². The largest absolute Gasteiger partial charge is 0.339 e. The minimum Gasteiger partial charge on any atom is -0.339 e. The van der Waals surface area contributed by atoms with Gasteiger partial charge in [0.15, 0.2) is 0 Å². The van der Waals surface area contributed by atoms with E-state index in [0.717, 1.165) is 36.0 Å². The third-order valence-corrected chi connectivity index (χ3v) is 4.92. The zero-order valence-corrected chi connectivity index (χ0v) is 16.0. The molecule has 3 rings (SSSR count). The summed E-state index contributed by atoms with van der Waals surface area (Å²) in [4.78, 5) is 15.0. The number of halogens is 2. The van der Waals surface area contributed by atoms with Crippen molar-refractivity contribution in [2.24, 2.45) is 0 Å². The molecule has 1 aliphatic rings. The second-order valence-electron chi connectivity index (χ2n) is 6.02.